The number of methoxy groups -OCH3 is 1. The van der Waals surface area contributed by atoms with Crippen LogP contribution >= 0.6 is 0 Å². The zero-order valence-electron chi connectivity index (χ0n) is 17.1. The van der Waals surface area contributed by atoms with E-state index >= 15 is 0 Å². The molecule has 0 saturated carbocycles. The summed E-state index contributed by atoms with van der Waals surface area (Å²) in [6, 6.07) is 13.0. The van der Waals surface area contributed by atoms with Gasteiger partial charge in [0.25, 0.3) is 5.91 Å². The molecule has 6 nitrogen and oxygen atoms in total. The quantitative estimate of drug-likeness (QED) is 0.632. The zero-order chi connectivity index (χ0) is 20.9. The van der Waals surface area contributed by atoms with Crippen molar-refractivity contribution in [3.05, 3.63) is 59.4 Å². The Morgan fingerprint density at radius 1 is 1.13 bits per heavy atom. The first-order valence-electron chi connectivity index (χ1n) is 10.2. The molecule has 0 unspecified atom stereocenters. The van der Waals surface area contributed by atoms with Crippen molar-refractivity contribution in [1.82, 2.24) is 4.90 Å². The summed E-state index contributed by atoms with van der Waals surface area (Å²) in [5.74, 6) is 1.59. The Morgan fingerprint density at radius 3 is 2.63 bits per heavy atom. The van der Waals surface area contributed by atoms with Crippen molar-refractivity contribution in [2.75, 3.05) is 20.2 Å². The van der Waals surface area contributed by atoms with Gasteiger partial charge in [-0.3, -0.25) is 9.59 Å². The number of ketones is 1. The maximum absolute atomic E-state index is 13.1. The number of Topliss-reactive ketones (excluding diaryl/α,β-unsaturated/α-hetero) is 1. The fraction of sp³-hybridized carbons (Fsp3) is 0.333. The van der Waals surface area contributed by atoms with Crippen LogP contribution in [0.3, 0.4) is 0 Å². The molecule has 2 aliphatic rings. The van der Waals surface area contributed by atoms with E-state index in [-0.39, 0.29) is 11.7 Å². The number of piperidine rings is 1. The molecule has 6 heteroatoms. The minimum absolute atomic E-state index is 0.0584. The number of rotatable bonds is 2. The van der Waals surface area contributed by atoms with Crippen molar-refractivity contribution in [1.29, 1.82) is 0 Å². The normalized spacial score (nSPS) is 17.7. The van der Waals surface area contributed by atoms with Gasteiger partial charge in [-0.05, 0) is 31.2 Å². The smallest absolute Gasteiger partial charge is 0.289 e. The number of carbonyl (C=O) groups is 2. The zero-order valence-corrected chi connectivity index (χ0v) is 17.1. The molecule has 3 heterocycles. The fourth-order valence-electron chi connectivity index (χ4n) is 4.52. The Bertz CT molecular complexity index is 1150. The second-order valence-corrected chi connectivity index (χ2v) is 8.09. The van der Waals surface area contributed by atoms with Gasteiger partial charge in [0.05, 0.1) is 19.1 Å². The highest BCUT2D eigenvalue weighted by atomic mass is 16.5. The molecule has 0 atom stereocenters. The maximum Gasteiger partial charge on any atom is 0.289 e. The number of para-hydroxylation sites is 1. The minimum Gasteiger partial charge on any atom is -0.497 e. The summed E-state index contributed by atoms with van der Waals surface area (Å²) in [4.78, 5) is 27.7. The summed E-state index contributed by atoms with van der Waals surface area (Å²) in [7, 11) is 1.58. The predicted molar refractivity (Wildman–Crippen MR) is 111 cm³/mol. The van der Waals surface area contributed by atoms with E-state index in [4.69, 9.17) is 13.9 Å². The van der Waals surface area contributed by atoms with E-state index in [1.807, 2.05) is 31.2 Å². The number of aryl methyl sites for hydroxylation is 1. The van der Waals surface area contributed by atoms with Gasteiger partial charge in [0.1, 0.15) is 22.7 Å². The average Bonchev–Trinajstić information content (AvgIpc) is 3.10. The third kappa shape index (κ3) is 2.95. The van der Waals surface area contributed by atoms with Gasteiger partial charge >= 0.3 is 0 Å². The van der Waals surface area contributed by atoms with Gasteiger partial charge in [0.2, 0.25) is 0 Å². The van der Waals surface area contributed by atoms with Gasteiger partial charge in [-0.25, -0.2) is 0 Å². The summed E-state index contributed by atoms with van der Waals surface area (Å²) in [6.45, 7) is 2.96. The number of carbonyl (C=O) groups excluding carboxylic acids is 2. The second-order valence-electron chi connectivity index (χ2n) is 8.09. The molecule has 2 aromatic carbocycles. The van der Waals surface area contributed by atoms with Crippen molar-refractivity contribution in [3.8, 4) is 11.5 Å². The van der Waals surface area contributed by atoms with Crippen molar-refractivity contribution in [3.63, 3.8) is 0 Å². The Morgan fingerprint density at radius 2 is 1.90 bits per heavy atom. The number of hydrogen-bond donors (Lipinski definition) is 0. The highest BCUT2D eigenvalue weighted by molar-refractivity contribution is 6.01. The third-order valence-corrected chi connectivity index (χ3v) is 6.30. The number of nitrogens with zero attached hydrogens (tertiary/aromatic N) is 1. The van der Waals surface area contributed by atoms with Crippen molar-refractivity contribution >= 4 is 22.7 Å². The van der Waals surface area contributed by atoms with E-state index < -0.39 is 5.60 Å². The van der Waals surface area contributed by atoms with Crippen LogP contribution in [-0.2, 0) is 0 Å². The first kappa shape index (κ1) is 18.7. The van der Waals surface area contributed by atoms with Gasteiger partial charge < -0.3 is 18.8 Å². The molecule has 3 aromatic rings. The molecule has 5 rings (SSSR count). The summed E-state index contributed by atoms with van der Waals surface area (Å²) in [5.41, 5.74) is 1.59. The highest BCUT2D eigenvalue weighted by Gasteiger charge is 2.44. The molecule has 0 radical (unpaired) electrons. The number of amides is 1. The standard InChI is InChI=1S/C24H23NO5/c1-15-17-5-3-4-6-20(17)29-22(15)23(27)25-11-9-24(10-12-25)14-19(26)18-13-16(28-2)7-8-21(18)30-24/h3-8,13H,9-12,14H2,1-2H3. The summed E-state index contributed by atoms with van der Waals surface area (Å²) in [5, 5.41) is 0.961. The van der Waals surface area contributed by atoms with Crippen LogP contribution in [0.25, 0.3) is 11.0 Å². The average molecular weight is 405 g/mol. The molecule has 1 aromatic heterocycles. The SMILES string of the molecule is COc1ccc2c(c1)C(=O)CC1(CCN(C(=O)c3oc4ccccc4c3C)CC1)O2. The Hall–Kier alpha value is -3.28. The van der Waals surface area contributed by atoms with Crippen LogP contribution in [0.1, 0.15) is 45.7 Å². The second kappa shape index (κ2) is 6.90. The van der Waals surface area contributed by atoms with Gasteiger partial charge in [-0.2, -0.15) is 0 Å². The highest BCUT2D eigenvalue weighted by Crippen LogP contribution is 2.41. The van der Waals surface area contributed by atoms with E-state index in [1.165, 1.54) is 0 Å². The lowest BCUT2D eigenvalue weighted by Crippen LogP contribution is -2.52. The molecule has 30 heavy (non-hydrogen) atoms. The Kier molecular flexibility index (Phi) is 4.31. The number of hydrogen-bond acceptors (Lipinski definition) is 5. The molecule has 0 N–H and O–H groups in total. The lowest BCUT2D eigenvalue weighted by Gasteiger charge is -2.43. The minimum atomic E-state index is -0.557. The van der Waals surface area contributed by atoms with Crippen LogP contribution < -0.4 is 9.47 Å². The molecule has 1 saturated heterocycles. The van der Waals surface area contributed by atoms with E-state index in [2.05, 4.69) is 0 Å². The molecular formula is C24H23NO5. The molecule has 0 bridgehead atoms. The summed E-state index contributed by atoms with van der Waals surface area (Å²) in [6.07, 6.45) is 1.53. The largest absolute Gasteiger partial charge is 0.497 e. The van der Waals surface area contributed by atoms with Gasteiger partial charge in [-0.1, -0.05) is 18.2 Å². The topological polar surface area (TPSA) is 69.0 Å². The molecule has 0 aliphatic carbocycles. The van der Waals surface area contributed by atoms with E-state index in [0.29, 0.717) is 55.2 Å². The van der Waals surface area contributed by atoms with Crippen molar-refractivity contribution in [2.24, 2.45) is 0 Å². The number of likely N-dealkylation sites (tertiary alicyclic amines) is 1. The maximum atomic E-state index is 13.1. The summed E-state index contributed by atoms with van der Waals surface area (Å²) < 4.78 is 17.4. The van der Waals surface area contributed by atoms with E-state index in [1.54, 1.807) is 30.2 Å². The molecule has 1 amide bonds. The first-order chi connectivity index (χ1) is 14.5. The van der Waals surface area contributed by atoms with Gasteiger partial charge in [0, 0.05) is 36.9 Å². The molecule has 2 aliphatic heterocycles. The summed E-state index contributed by atoms with van der Waals surface area (Å²) >= 11 is 0. The van der Waals surface area contributed by atoms with Crippen LogP contribution in [0, 0.1) is 6.92 Å². The third-order valence-electron chi connectivity index (χ3n) is 6.30. The van der Waals surface area contributed by atoms with Crippen molar-refractivity contribution < 1.29 is 23.5 Å². The fourth-order valence-corrected chi connectivity index (χ4v) is 4.52. The molecule has 154 valence electrons. The number of benzene rings is 2. The molecular weight excluding hydrogens is 382 g/mol. The van der Waals surface area contributed by atoms with Crippen LogP contribution in [0.15, 0.2) is 46.9 Å². The monoisotopic (exact) mass is 405 g/mol. The van der Waals surface area contributed by atoms with Crippen LogP contribution in [-0.4, -0.2) is 42.4 Å². The van der Waals surface area contributed by atoms with Crippen LogP contribution in [0.5, 0.6) is 11.5 Å². The van der Waals surface area contributed by atoms with E-state index in [9.17, 15) is 9.59 Å². The number of ether oxygens (including phenoxy) is 2. The molecule has 1 spiro atoms. The number of fused-ring (bicyclic) bond motifs is 2. The van der Waals surface area contributed by atoms with Gasteiger partial charge in [0.15, 0.2) is 11.5 Å². The van der Waals surface area contributed by atoms with Gasteiger partial charge in [-0.15, -0.1) is 0 Å². The first-order valence-corrected chi connectivity index (χ1v) is 10.2. The Labute approximate surface area is 174 Å². The lowest BCUT2D eigenvalue weighted by molar-refractivity contribution is -0.00645. The van der Waals surface area contributed by atoms with Crippen LogP contribution in [0.4, 0.5) is 0 Å². The van der Waals surface area contributed by atoms with Crippen molar-refractivity contribution in [2.45, 2.75) is 31.8 Å². The Balaban J connectivity index is 1.34. The number of furan rings is 1. The lowest BCUT2D eigenvalue weighted by atomic mass is 9.82. The van der Waals surface area contributed by atoms with E-state index in [0.717, 1.165) is 16.5 Å². The molecule has 1 fully saturated rings. The van der Waals surface area contributed by atoms with Crippen LogP contribution in [0.2, 0.25) is 0 Å². The predicted octanol–water partition coefficient (Wildman–Crippen LogP) is 4.39.